The third kappa shape index (κ3) is 8.27. The second kappa shape index (κ2) is 7.38. The molecule has 0 aliphatic carbocycles. The molecule has 0 radical (unpaired) electrons. The second-order valence-corrected chi connectivity index (χ2v) is 3.55. The van der Waals surface area contributed by atoms with E-state index in [1.54, 1.807) is 7.11 Å². The van der Waals surface area contributed by atoms with Gasteiger partial charge in [0.25, 0.3) is 0 Å². The largest absolute Gasteiger partial charge is 0.385 e. The molecule has 10 heavy (non-hydrogen) atoms. The van der Waals surface area contributed by atoms with E-state index in [2.05, 4.69) is 0 Å². The van der Waals surface area contributed by atoms with E-state index in [0.717, 1.165) is 24.5 Å². The number of hydrogen-bond donors (Lipinski definition) is 1. The Bertz CT molecular complexity index is 68.6. The summed E-state index contributed by atoms with van der Waals surface area (Å²) < 4.78 is 4.90. The zero-order valence-corrected chi connectivity index (χ0v) is 7.62. The molecule has 0 spiro atoms. The van der Waals surface area contributed by atoms with E-state index >= 15 is 0 Å². The average Bonchev–Trinajstić information content (AvgIpc) is 1.87. The molecule has 0 unspecified atom stereocenters. The molecule has 0 fully saturated rings. The van der Waals surface area contributed by atoms with Crippen molar-refractivity contribution in [1.82, 2.24) is 0 Å². The Hall–Kier alpha value is 0.270. The highest BCUT2D eigenvalue weighted by Gasteiger charge is 1.93. The molecule has 0 bridgehead atoms. The molecule has 0 saturated carbocycles. The lowest BCUT2D eigenvalue weighted by Crippen LogP contribution is -2.17. The van der Waals surface area contributed by atoms with Crippen molar-refractivity contribution in [3.63, 3.8) is 0 Å². The lowest BCUT2D eigenvalue weighted by atomic mass is 10.4. The van der Waals surface area contributed by atoms with Crippen LogP contribution in [0, 0.1) is 0 Å². The summed E-state index contributed by atoms with van der Waals surface area (Å²) in [6, 6.07) is 0.326. The monoisotopic (exact) mass is 163 g/mol. The van der Waals surface area contributed by atoms with Gasteiger partial charge in [-0.1, -0.05) is 0 Å². The first-order valence-corrected chi connectivity index (χ1v) is 4.75. The van der Waals surface area contributed by atoms with Crippen LogP contribution in [-0.4, -0.2) is 31.3 Å². The van der Waals surface area contributed by atoms with Crippen LogP contribution >= 0.6 is 11.8 Å². The fraction of sp³-hybridized carbons (Fsp3) is 1.00. The van der Waals surface area contributed by atoms with Crippen LogP contribution in [0.2, 0.25) is 0 Å². The predicted molar refractivity (Wildman–Crippen MR) is 47.5 cm³/mol. The number of ether oxygens (including phenoxy) is 1. The molecule has 0 aromatic carbocycles. The maximum absolute atomic E-state index is 5.56. The van der Waals surface area contributed by atoms with Gasteiger partial charge in [0, 0.05) is 25.5 Å². The summed E-state index contributed by atoms with van der Waals surface area (Å²) in [6.45, 7) is 2.90. The fourth-order valence-corrected chi connectivity index (χ4v) is 1.43. The van der Waals surface area contributed by atoms with Crippen LogP contribution in [0.5, 0.6) is 0 Å². The molecular weight excluding hydrogens is 146 g/mol. The van der Waals surface area contributed by atoms with Gasteiger partial charge in [-0.25, -0.2) is 0 Å². The van der Waals surface area contributed by atoms with E-state index in [9.17, 15) is 0 Å². The fourth-order valence-electron chi connectivity index (χ4n) is 0.575. The molecule has 0 amide bonds. The van der Waals surface area contributed by atoms with E-state index < -0.39 is 0 Å². The molecule has 62 valence electrons. The van der Waals surface area contributed by atoms with Gasteiger partial charge in [0.05, 0.1) is 0 Å². The highest BCUT2D eigenvalue weighted by atomic mass is 32.2. The normalized spacial score (nSPS) is 13.5. The second-order valence-electron chi connectivity index (χ2n) is 2.40. The van der Waals surface area contributed by atoms with E-state index in [4.69, 9.17) is 10.5 Å². The molecule has 0 aromatic rings. The van der Waals surface area contributed by atoms with Crippen LogP contribution in [0.15, 0.2) is 0 Å². The quantitative estimate of drug-likeness (QED) is 0.596. The number of hydrogen-bond acceptors (Lipinski definition) is 3. The van der Waals surface area contributed by atoms with Gasteiger partial charge in [0.15, 0.2) is 0 Å². The van der Waals surface area contributed by atoms with Gasteiger partial charge in [-0.05, 0) is 19.1 Å². The third-order valence-corrected chi connectivity index (χ3v) is 2.36. The standard InChI is InChI=1S/C7H17NOS/c1-7(8)6-10-5-3-4-9-2/h7H,3-6,8H2,1-2H3/t7-/m1/s1. The van der Waals surface area contributed by atoms with Crippen LogP contribution in [0.4, 0.5) is 0 Å². The van der Waals surface area contributed by atoms with Crippen molar-refractivity contribution in [2.45, 2.75) is 19.4 Å². The van der Waals surface area contributed by atoms with E-state index in [1.807, 2.05) is 18.7 Å². The Balaban J connectivity index is 2.77. The molecular formula is C7H17NOS. The molecule has 0 saturated heterocycles. The van der Waals surface area contributed by atoms with Crippen LogP contribution in [0.3, 0.4) is 0 Å². The van der Waals surface area contributed by atoms with Gasteiger partial charge in [-0.15, -0.1) is 0 Å². The minimum absolute atomic E-state index is 0.326. The van der Waals surface area contributed by atoms with Crippen LogP contribution < -0.4 is 5.73 Å². The Kier molecular flexibility index (Phi) is 7.58. The maximum Gasteiger partial charge on any atom is 0.0470 e. The molecule has 1 atom stereocenters. The molecule has 0 aliphatic rings. The Labute approximate surface area is 67.5 Å². The lowest BCUT2D eigenvalue weighted by Gasteiger charge is -2.03. The van der Waals surface area contributed by atoms with Crippen molar-refractivity contribution in [2.75, 3.05) is 25.2 Å². The average molecular weight is 163 g/mol. The molecule has 2 N–H and O–H groups in total. The van der Waals surface area contributed by atoms with Crippen molar-refractivity contribution in [3.8, 4) is 0 Å². The highest BCUT2D eigenvalue weighted by molar-refractivity contribution is 7.99. The first-order valence-electron chi connectivity index (χ1n) is 3.59. The van der Waals surface area contributed by atoms with Gasteiger partial charge in [-0.3, -0.25) is 0 Å². The summed E-state index contributed by atoms with van der Waals surface area (Å²) in [6.07, 6.45) is 1.13. The van der Waals surface area contributed by atoms with Gasteiger partial charge < -0.3 is 10.5 Å². The van der Waals surface area contributed by atoms with Crippen LogP contribution in [-0.2, 0) is 4.74 Å². The number of methoxy groups -OCH3 is 1. The zero-order valence-electron chi connectivity index (χ0n) is 6.80. The summed E-state index contributed by atoms with van der Waals surface area (Å²) in [5, 5.41) is 0. The van der Waals surface area contributed by atoms with Gasteiger partial charge in [0.2, 0.25) is 0 Å². The van der Waals surface area contributed by atoms with Gasteiger partial charge >= 0.3 is 0 Å². The van der Waals surface area contributed by atoms with E-state index in [1.165, 1.54) is 0 Å². The smallest absolute Gasteiger partial charge is 0.0470 e. The SMILES string of the molecule is COCCCSC[C@@H](C)N. The maximum atomic E-state index is 5.56. The van der Waals surface area contributed by atoms with Gasteiger partial charge in [-0.2, -0.15) is 11.8 Å². The van der Waals surface area contributed by atoms with Gasteiger partial charge in [0.1, 0.15) is 0 Å². The summed E-state index contributed by atoms with van der Waals surface area (Å²) in [5.74, 6) is 2.22. The summed E-state index contributed by atoms with van der Waals surface area (Å²) in [7, 11) is 1.73. The van der Waals surface area contributed by atoms with E-state index in [0.29, 0.717) is 6.04 Å². The molecule has 3 heteroatoms. The predicted octanol–water partition coefficient (Wildman–Crippen LogP) is 1.10. The van der Waals surface area contributed by atoms with Crippen LogP contribution in [0.25, 0.3) is 0 Å². The Morgan fingerprint density at radius 3 is 2.80 bits per heavy atom. The number of thioether (sulfide) groups is 1. The number of rotatable bonds is 6. The minimum Gasteiger partial charge on any atom is -0.385 e. The first-order chi connectivity index (χ1) is 4.77. The molecule has 0 aromatic heterocycles. The first kappa shape index (κ1) is 10.3. The Morgan fingerprint density at radius 1 is 1.60 bits per heavy atom. The Morgan fingerprint density at radius 2 is 2.30 bits per heavy atom. The van der Waals surface area contributed by atoms with Crippen molar-refractivity contribution < 1.29 is 4.74 Å². The van der Waals surface area contributed by atoms with Crippen molar-refractivity contribution >= 4 is 11.8 Å². The topological polar surface area (TPSA) is 35.2 Å². The third-order valence-electron chi connectivity index (χ3n) is 1.02. The van der Waals surface area contributed by atoms with Crippen molar-refractivity contribution in [1.29, 1.82) is 0 Å². The molecule has 0 heterocycles. The summed E-state index contributed by atoms with van der Waals surface area (Å²) in [5.41, 5.74) is 5.56. The summed E-state index contributed by atoms with van der Waals surface area (Å²) >= 11 is 1.90. The summed E-state index contributed by atoms with van der Waals surface area (Å²) in [4.78, 5) is 0. The highest BCUT2D eigenvalue weighted by Crippen LogP contribution is 2.02. The van der Waals surface area contributed by atoms with E-state index in [-0.39, 0.29) is 0 Å². The molecule has 2 nitrogen and oxygen atoms in total. The number of nitrogens with two attached hydrogens (primary N) is 1. The van der Waals surface area contributed by atoms with Crippen molar-refractivity contribution in [3.05, 3.63) is 0 Å². The minimum atomic E-state index is 0.326. The zero-order chi connectivity index (χ0) is 7.82. The van der Waals surface area contributed by atoms with Crippen molar-refractivity contribution in [2.24, 2.45) is 5.73 Å². The molecule has 0 aliphatic heterocycles. The lowest BCUT2D eigenvalue weighted by molar-refractivity contribution is 0.200. The molecule has 0 rings (SSSR count). The van der Waals surface area contributed by atoms with Crippen LogP contribution in [0.1, 0.15) is 13.3 Å².